The van der Waals surface area contributed by atoms with Crippen molar-refractivity contribution in [3.63, 3.8) is 0 Å². The van der Waals surface area contributed by atoms with Crippen molar-refractivity contribution in [1.82, 2.24) is 5.32 Å². The van der Waals surface area contributed by atoms with Crippen LogP contribution in [0, 0.1) is 5.82 Å². The first-order chi connectivity index (χ1) is 13.0. The highest BCUT2D eigenvalue weighted by Gasteiger charge is 2.18. The highest BCUT2D eigenvalue weighted by molar-refractivity contribution is 5.83. The van der Waals surface area contributed by atoms with Crippen LogP contribution in [-0.4, -0.2) is 31.1 Å². The SMILES string of the molecule is CCc1ccccc1OCC(=O)OC(C)C(=O)NCCc1ccc(F)cc1. The quantitative estimate of drug-likeness (QED) is 0.686. The molecule has 0 saturated heterocycles. The third kappa shape index (κ3) is 6.73. The minimum atomic E-state index is -0.921. The lowest BCUT2D eigenvalue weighted by atomic mass is 10.1. The number of carbonyl (C=O) groups excluding carboxylic acids is 2. The number of aryl methyl sites for hydroxylation is 1. The van der Waals surface area contributed by atoms with Crippen LogP contribution in [0.5, 0.6) is 5.75 Å². The van der Waals surface area contributed by atoms with E-state index in [1.54, 1.807) is 18.2 Å². The third-order valence-electron chi connectivity index (χ3n) is 4.00. The third-order valence-corrected chi connectivity index (χ3v) is 4.00. The lowest BCUT2D eigenvalue weighted by Crippen LogP contribution is -2.37. The van der Waals surface area contributed by atoms with Crippen molar-refractivity contribution >= 4 is 11.9 Å². The lowest BCUT2D eigenvalue weighted by Gasteiger charge is -2.14. The minimum Gasteiger partial charge on any atom is -0.482 e. The number of halogens is 1. The predicted octanol–water partition coefficient (Wildman–Crippen LogP) is 3.06. The molecule has 0 aliphatic rings. The molecular formula is C21H24FNO4. The molecule has 6 heteroatoms. The highest BCUT2D eigenvalue weighted by atomic mass is 19.1. The van der Waals surface area contributed by atoms with E-state index in [-0.39, 0.29) is 18.3 Å². The maximum atomic E-state index is 12.8. The summed E-state index contributed by atoms with van der Waals surface area (Å²) in [4.78, 5) is 23.9. The van der Waals surface area contributed by atoms with Gasteiger partial charge in [0.05, 0.1) is 0 Å². The molecule has 0 spiro atoms. The van der Waals surface area contributed by atoms with Crippen molar-refractivity contribution in [2.45, 2.75) is 32.8 Å². The Morgan fingerprint density at radius 3 is 2.52 bits per heavy atom. The molecule has 0 aliphatic heterocycles. The topological polar surface area (TPSA) is 64.6 Å². The van der Waals surface area contributed by atoms with Gasteiger partial charge >= 0.3 is 5.97 Å². The Bertz CT molecular complexity index is 761. The number of benzene rings is 2. The van der Waals surface area contributed by atoms with Crippen molar-refractivity contribution in [3.8, 4) is 5.75 Å². The fourth-order valence-electron chi connectivity index (χ4n) is 2.48. The number of amides is 1. The van der Waals surface area contributed by atoms with Crippen molar-refractivity contribution in [1.29, 1.82) is 0 Å². The number of nitrogens with one attached hydrogen (secondary N) is 1. The van der Waals surface area contributed by atoms with Crippen molar-refractivity contribution in [3.05, 3.63) is 65.5 Å². The number of esters is 1. The van der Waals surface area contributed by atoms with Crippen molar-refractivity contribution < 1.29 is 23.5 Å². The monoisotopic (exact) mass is 373 g/mol. The lowest BCUT2D eigenvalue weighted by molar-refractivity contribution is -0.156. The summed E-state index contributed by atoms with van der Waals surface area (Å²) in [7, 11) is 0. The number of hydrogen-bond acceptors (Lipinski definition) is 4. The summed E-state index contributed by atoms with van der Waals surface area (Å²) in [6.45, 7) is 3.61. The molecule has 0 radical (unpaired) electrons. The summed E-state index contributed by atoms with van der Waals surface area (Å²) in [5.41, 5.74) is 1.90. The molecule has 2 aromatic rings. The Morgan fingerprint density at radius 1 is 1.11 bits per heavy atom. The van der Waals surface area contributed by atoms with Gasteiger partial charge in [0, 0.05) is 6.54 Å². The van der Waals surface area contributed by atoms with E-state index in [0.717, 1.165) is 17.5 Å². The van der Waals surface area contributed by atoms with Crippen LogP contribution >= 0.6 is 0 Å². The molecule has 144 valence electrons. The van der Waals surface area contributed by atoms with Crippen LogP contribution in [0.25, 0.3) is 0 Å². The second-order valence-corrected chi connectivity index (χ2v) is 6.05. The molecular weight excluding hydrogens is 349 g/mol. The van der Waals surface area contributed by atoms with Gasteiger partial charge in [-0.3, -0.25) is 4.79 Å². The predicted molar refractivity (Wildman–Crippen MR) is 100.0 cm³/mol. The van der Waals surface area contributed by atoms with Crippen LogP contribution in [0.2, 0.25) is 0 Å². The molecule has 1 atom stereocenters. The molecule has 0 bridgehead atoms. The largest absolute Gasteiger partial charge is 0.482 e. The summed E-state index contributed by atoms with van der Waals surface area (Å²) in [6, 6.07) is 13.5. The maximum Gasteiger partial charge on any atom is 0.344 e. The van der Waals surface area contributed by atoms with Gasteiger partial charge in [-0.05, 0) is 49.1 Å². The molecule has 1 N–H and O–H groups in total. The molecule has 0 aromatic heterocycles. The molecule has 1 amide bonds. The molecule has 0 aliphatic carbocycles. The first-order valence-corrected chi connectivity index (χ1v) is 8.92. The van der Waals surface area contributed by atoms with Gasteiger partial charge in [0.2, 0.25) is 0 Å². The van der Waals surface area contributed by atoms with Gasteiger partial charge in [-0.25, -0.2) is 9.18 Å². The smallest absolute Gasteiger partial charge is 0.344 e. The average molecular weight is 373 g/mol. The summed E-state index contributed by atoms with van der Waals surface area (Å²) in [5, 5.41) is 2.69. The van der Waals surface area contributed by atoms with Gasteiger partial charge in [-0.2, -0.15) is 0 Å². The van der Waals surface area contributed by atoms with Crippen LogP contribution < -0.4 is 10.1 Å². The first-order valence-electron chi connectivity index (χ1n) is 8.92. The van der Waals surface area contributed by atoms with Gasteiger partial charge in [0.15, 0.2) is 12.7 Å². The van der Waals surface area contributed by atoms with E-state index < -0.39 is 12.1 Å². The summed E-state index contributed by atoms with van der Waals surface area (Å²) in [5.74, 6) is -0.665. The highest BCUT2D eigenvalue weighted by Crippen LogP contribution is 2.18. The Labute approximate surface area is 158 Å². The number of carbonyl (C=O) groups is 2. The number of ether oxygens (including phenoxy) is 2. The van der Waals surface area contributed by atoms with Crippen molar-refractivity contribution in [2.75, 3.05) is 13.2 Å². The summed E-state index contributed by atoms with van der Waals surface area (Å²) < 4.78 is 23.4. The van der Waals surface area contributed by atoms with Gasteiger partial charge in [0.1, 0.15) is 11.6 Å². The number of hydrogen-bond donors (Lipinski definition) is 1. The Balaban J connectivity index is 1.71. The number of rotatable bonds is 9. The van der Waals surface area contributed by atoms with Crippen LogP contribution in [0.4, 0.5) is 4.39 Å². The normalized spacial score (nSPS) is 11.5. The molecule has 0 fully saturated rings. The fraction of sp³-hybridized carbons (Fsp3) is 0.333. The van der Waals surface area contributed by atoms with E-state index in [4.69, 9.17) is 9.47 Å². The Morgan fingerprint density at radius 2 is 1.81 bits per heavy atom. The zero-order valence-electron chi connectivity index (χ0n) is 15.5. The minimum absolute atomic E-state index is 0.260. The van der Waals surface area contributed by atoms with E-state index in [2.05, 4.69) is 5.32 Å². The molecule has 5 nitrogen and oxygen atoms in total. The van der Waals surface area contributed by atoms with Gasteiger partial charge < -0.3 is 14.8 Å². The standard InChI is InChI=1S/C21H24FNO4/c1-3-17-6-4-5-7-19(17)26-14-20(24)27-15(2)21(25)23-13-12-16-8-10-18(22)11-9-16/h4-11,15H,3,12-14H2,1-2H3,(H,23,25). The second-order valence-electron chi connectivity index (χ2n) is 6.05. The van der Waals surface area contributed by atoms with E-state index in [0.29, 0.717) is 18.7 Å². The van der Waals surface area contributed by atoms with Crippen LogP contribution in [0.3, 0.4) is 0 Å². The molecule has 2 aromatic carbocycles. The van der Waals surface area contributed by atoms with Gasteiger partial charge in [-0.15, -0.1) is 0 Å². The molecule has 0 heterocycles. The van der Waals surface area contributed by atoms with E-state index in [1.165, 1.54) is 19.1 Å². The molecule has 2 rings (SSSR count). The Kier molecular flexibility index (Phi) is 7.79. The zero-order chi connectivity index (χ0) is 19.6. The Hall–Kier alpha value is -2.89. The number of para-hydroxylation sites is 1. The maximum absolute atomic E-state index is 12.8. The summed E-state index contributed by atoms with van der Waals surface area (Å²) in [6.07, 6.45) is 0.428. The van der Waals surface area contributed by atoms with Crippen LogP contribution in [0.15, 0.2) is 48.5 Å². The van der Waals surface area contributed by atoms with Gasteiger partial charge in [0.25, 0.3) is 5.91 Å². The van der Waals surface area contributed by atoms with E-state index in [1.807, 2.05) is 25.1 Å². The van der Waals surface area contributed by atoms with Gasteiger partial charge in [-0.1, -0.05) is 37.3 Å². The molecule has 1 unspecified atom stereocenters. The van der Waals surface area contributed by atoms with Crippen LogP contribution in [0.1, 0.15) is 25.0 Å². The second kappa shape index (κ2) is 10.3. The first kappa shape index (κ1) is 20.4. The van der Waals surface area contributed by atoms with Crippen molar-refractivity contribution in [2.24, 2.45) is 0 Å². The fourth-order valence-corrected chi connectivity index (χ4v) is 2.48. The van der Waals surface area contributed by atoms with E-state index >= 15 is 0 Å². The zero-order valence-corrected chi connectivity index (χ0v) is 15.5. The van der Waals surface area contributed by atoms with Crippen LogP contribution in [-0.2, 0) is 27.2 Å². The molecule has 0 saturated carbocycles. The summed E-state index contributed by atoms with van der Waals surface area (Å²) >= 11 is 0. The molecule has 27 heavy (non-hydrogen) atoms. The average Bonchev–Trinajstić information content (AvgIpc) is 2.68. The van der Waals surface area contributed by atoms with E-state index in [9.17, 15) is 14.0 Å².